The van der Waals surface area contributed by atoms with Crippen molar-refractivity contribution in [2.45, 2.75) is 43.4 Å². The molecule has 3 aliphatic rings. The lowest BCUT2D eigenvalue weighted by Crippen LogP contribution is -2.82. The van der Waals surface area contributed by atoms with E-state index >= 15 is 0 Å². The molecule has 0 aromatic carbocycles. The van der Waals surface area contributed by atoms with Gasteiger partial charge in [-0.15, -0.1) is 0 Å². The van der Waals surface area contributed by atoms with Crippen LogP contribution in [0.5, 0.6) is 0 Å². The van der Waals surface area contributed by atoms with Crippen LogP contribution in [0, 0.1) is 0 Å². The zero-order valence-electron chi connectivity index (χ0n) is 14.1. The smallest absolute Gasteiger partial charge is 0.280 e. The number of hydrogen-bond acceptors (Lipinski definition) is 8. The van der Waals surface area contributed by atoms with Gasteiger partial charge in [0.15, 0.2) is 0 Å². The van der Waals surface area contributed by atoms with Crippen molar-refractivity contribution >= 4 is 23.6 Å². The molecule has 0 spiro atoms. The maximum absolute atomic E-state index is 12.6. The first-order chi connectivity index (χ1) is 11.6. The van der Waals surface area contributed by atoms with Crippen molar-refractivity contribution in [1.82, 2.24) is 10.6 Å². The average molecular weight is 376 g/mol. The fraction of sp³-hybridized carbons (Fsp3) is 0.733. The Kier molecular flexibility index (Phi) is 5.81. The molecule has 10 heteroatoms. The lowest BCUT2D eigenvalue weighted by Gasteiger charge is -2.50. The van der Waals surface area contributed by atoms with Gasteiger partial charge >= 0.3 is 0 Å². The first-order valence-corrected chi connectivity index (χ1v) is 9.09. The van der Waals surface area contributed by atoms with Crippen molar-refractivity contribution in [3.05, 3.63) is 11.6 Å². The number of aliphatic hydroxyl groups is 4. The molecule has 0 unspecified atom stereocenters. The van der Waals surface area contributed by atoms with Crippen LogP contribution in [0.15, 0.2) is 11.6 Å². The van der Waals surface area contributed by atoms with E-state index in [-0.39, 0.29) is 18.6 Å². The molecule has 0 aliphatic carbocycles. The van der Waals surface area contributed by atoms with Crippen LogP contribution in [0.25, 0.3) is 0 Å². The monoisotopic (exact) mass is 376 g/mol. The van der Waals surface area contributed by atoms with Gasteiger partial charge in [0.2, 0.25) is 5.72 Å². The van der Waals surface area contributed by atoms with Crippen molar-refractivity contribution in [3.63, 3.8) is 0 Å². The number of rotatable bonds is 6. The van der Waals surface area contributed by atoms with Crippen LogP contribution in [0.2, 0.25) is 0 Å². The Labute approximate surface area is 149 Å². The Morgan fingerprint density at radius 2 is 2.08 bits per heavy atom. The second kappa shape index (κ2) is 7.22. The Balaban J connectivity index is 2.39. The van der Waals surface area contributed by atoms with Crippen LogP contribution < -0.4 is 10.6 Å². The fourth-order valence-electron chi connectivity index (χ4n) is 2.78. The van der Waals surface area contributed by atoms with Gasteiger partial charge in [-0.1, -0.05) is 13.0 Å². The molecule has 9 nitrogen and oxygen atoms in total. The second-order valence-corrected chi connectivity index (χ2v) is 7.58. The predicted molar refractivity (Wildman–Crippen MR) is 89.3 cm³/mol. The second-order valence-electron chi connectivity index (χ2n) is 6.26. The predicted octanol–water partition coefficient (Wildman–Crippen LogP) is -2.18. The van der Waals surface area contributed by atoms with E-state index in [4.69, 9.17) is 4.74 Å². The van der Waals surface area contributed by atoms with Crippen LogP contribution in [0.3, 0.4) is 0 Å². The summed E-state index contributed by atoms with van der Waals surface area (Å²) in [5.74, 6) is -0.593. The fourth-order valence-corrected chi connectivity index (χ4v) is 3.34. The van der Waals surface area contributed by atoms with E-state index < -0.39 is 41.6 Å². The maximum Gasteiger partial charge on any atom is 0.280 e. The van der Waals surface area contributed by atoms with Gasteiger partial charge in [-0.05, 0) is 24.7 Å². The molecule has 2 amide bonds. The third-order valence-corrected chi connectivity index (χ3v) is 5.18. The summed E-state index contributed by atoms with van der Waals surface area (Å²) in [7, 11) is 0. The number of piperazine rings is 1. The Morgan fingerprint density at radius 3 is 2.68 bits per heavy atom. The van der Waals surface area contributed by atoms with Crippen LogP contribution in [-0.4, -0.2) is 80.1 Å². The minimum Gasteiger partial charge on any atom is -0.393 e. The summed E-state index contributed by atoms with van der Waals surface area (Å²) in [6.45, 7) is 2.11. The van der Waals surface area contributed by atoms with Crippen molar-refractivity contribution in [3.8, 4) is 0 Å². The quantitative estimate of drug-likeness (QED) is 0.226. The van der Waals surface area contributed by atoms with Gasteiger partial charge in [-0.3, -0.25) is 9.59 Å². The standard InChI is InChI=1S/C15H24N2O7S/c1-3-25-7-5-9-4-6-24-15(10(19)13(2,22)8-18)12(21)16-14(9,23)11(20)17-15/h5,10,18-19,22-23H,3-4,6-8H2,1-2H3,(H,16,21)(H,17,20)/b9-5+/t10-,13+,14-,15+/m1/s1. The van der Waals surface area contributed by atoms with Gasteiger partial charge in [-0.25, -0.2) is 0 Å². The van der Waals surface area contributed by atoms with Crippen LogP contribution in [0.1, 0.15) is 20.3 Å². The summed E-state index contributed by atoms with van der Waals surface area (Å²) in [6.07, 6.45) is -0.153. The van der Waals surface area contributed by atoms with Crippen molar-refractivity contribution in [1.29, 1.82) is 0 Å². The molecule has 0 radical (unpaired) electrons. The SMILES string of the molecule is CCSC/C=C1\CCO[C@]2([C@H](O)[C@@](C)(O)CO)NC(=O)[C@@]1(O)NC2=O. The summed E-state index contributed by atoms with van der Waals surface area (Å²) < 4.78 is 5.45. The Morgan fingerprint density at radius 1 is 1.40 bits per heavy atom. The molecular formula is C15H24N2O7S. The van der Waals surface area contributed by atoms with Crippen LogP contribution >= 0.6 is 11.8 Å². The largest absolute Gasteiger partial charge is 0.393 e. The molecule has 6 N–H and O–H groups in total. The minimum absolute atomic E-state index is 0.0861. The highest BCUT2D eigenvalue weighted by Gasteiger charge is 2.63. The average Bonchev–Trinajstić information content (AvgIpc) is 2.56. The third-order valence-electron chi connectivity index (χ3n) is 4.37. The number of hydrogen-bond donors (Lipinski definition) is 6. The van der Waals surface area contributed by atoms with Gasteiger partial charge in [0.1, 0.15) is 11.7 Å². The van der Waals surface area contributed by atoms with E-state index in [1.165, 1.54) is 0 Å². The number of carbonyl (C=O) groups is 2. The molecule has 3 fully saturated rings. The number of nitrogens with one attached hydrogen (secondary N) is 2. The van der Waals surface area contributed by atoms with E-state index in [9.17, 15) is 30.0 Å². The first-order valence-electron chi connectivity index (χ1n) is 7.94. The van der Waals surface area contributed by atoms with Gasteiger partial charge < -0.3 is 35.8 Å². The van der Waals surface area contributed by atoms with Gasteiger partial charge in [0.05, 0.1) is 13.2 Å². The zero-order chi connectivity index (χ0) is 18.9. The molecule has 0 aromatic heterocycles. The number of ether oxygens (including phenoxy) is 1. The van der Waals surface area contributed by atoms with Crippen LogP contribution in [0.4, 0.5) is 0 Å². The molecule has 25 heavy (non-hydrogen) atoms. The van der Waals surface area contributed by atoms with Crippen molar-refractivity contribution in [2.24, 2.45) is 0 Å². The topological polar surface area (TPSA) is 148 Å². The third kappa shape index (κ3) is 3.42. The number of fused-ring (bicyclic) bond motifs is 5. The summed E-state index contributed by atoms with van der Waals surface area (Å²) in [6, 6.07) is 0. The molecular weight excluding hydrogens is 352 g/mol. The highest BCUT2D eigenvalue weighted by molar-refractivity contribution is 7.99. The molecule has 3 saturated heterocycles. The lowest BCUT2D eigenvalue weighted by molar-refractivity contribution is -0.230. The lowest BCUT2D eigenvalue weighted by atomic mass is 9.84. The summed E-state index contributed by atoms with van der Waals surface area (Å²) >= 11 is 1.58. The number of carbonyl (C=O) groups excluding carboxylic acids is 2. The zero-order valence-corrected chi connectivity index (χ0v) is 14.9. The molecule has 142 valence electrons. The molecule has 3 heterocycles. The molecule has 0 saturated carbocycles. The van der Waals surface area contributed by atoms with Gasteiger partial charge in [0, 0.05) is 5.75 Å². The highest BCUT2D eigenvalue weighted by Crippen LogP contribution is 2.33. The van der Waals surface area contributed by atoms with E-state index in [2.05, 4.69) is 10.6 Å². The van der Waals surface area contributed by atoms with Crippen molar-refractivity contribution in [2.75, 3.05) is 24.7 Å². The molecule has 2 bridgehead atoms. The van der Waals surface area contributed by atoms with Crippen LogP contribution in [-0.2, 0) is 14.3 Å². The van der Waals surface area contributed by atoms with Gasteiger partial charge in [-0.2, -0.15) is 11.8 Å². The van der Waals surface area contributed by atoms with E-state index in [1.54, 1.807) is 17.8 Å². The summed E-state index contributed by atoms with van der Waals surface area (Å²) in [4.78, 5) is 25.1. The molecule has 3 rings (SSSR count). The maximum atomic E-state index is 12.6. The number of amides is 2. The highest BCUT2D eigenvalue weighted by atomic mass is 32.2. The normalized spacial score (nSPS) is 34.7. The van der Waals surface area contributed by atoms with E-state index in [1.807, 2.05) is 6.92 Å². The summed E-state index contributed by atoms with van der Waals surface area (Å²) in [5, 5.41) is 44.8. The number of thioether (sulfide) groups is 1. The minimum atomic E-state index is -2.31. The van der Waals surface area contributed by atoms with E-state index in [0.717, 1.165) is 12.7 Å². The van der Waals surface area contributed by atoms with Crippen molar-refractivity contribution < 1.29 is 34.8 Å². The van der Waals surface area contributed by atoms with E-state index in [0.29, 0.717) is 5.75 Å². The molecule has 3 aliphatic heterocycles. The number of aliphatic hydroxyl groups excluding tert-OH is 2. The first kappa shape index (κ1) is 20.1. The molecule has 0 aromatic rings. The van der Waals surface area contributed by atoms with Gasteiger partial charge in [0.25, 0.3) is 17.5 Å². The summed E-state index contributed by atoms with van der Waals surface area (Å²) in [5.41, 5.74) is -6.38. The Bertz CT molecular complexity index is 582. The Hall–Kier alpha value is -1.17. The molecule has 4 atom stereocenters.